The number of nitrogens with one attached hydrogen (secondary N) is 1. The van der Waals surface area contributed by atoms with Gasteiger partial charge in [0.25, 0.3) is 5.56 Å². The molecule has 0 bridgehead atoms. The minimum absolute atomic E-state index is 0.0175. The van der Waals surface area contributed by atoms with Gasteiger partial charge in [0.1, 0.15) is 4.70 Å². The lowest BCUT2D eigenvalue weighted by molar-refractivity contribution is -0.118. The Morgan fingerprint density at radius 2 is 2.03 bits per heavy atom. The molecule has 1 N–H and O–H groups in total. The van der Waals surface area contributed by atoms with Gasteiger partial charge in [0, 0.05) is 26.2 Å². The van der Waals surface area contributed by atoms with E-state index >= 15 is 0 Å². The van der Waals surface area contributed by atoms with Gasteiger partial charge in [0.2, 0.25) is 5.91 Å². The smallest absolute Gasteiger partial charge is 0.273 e. The van der Waals surface area contributed by atoms with Crippen molar-refractivity contribution in [2.45, 2.75) is 76.4 Å². The standard InChI is InChI=1S/C23H33N5O2S2/c1-2-13-28-21(30)19-20(25-22(32-19)27-14-7-4-8-15-27)26-23(28)31-16-18(29)24-12-11-17-9-5-3-6-10-17/h9H,2-8,10-16H2,1H3,(H,24,29). The van der Waals surface area contributed by atoms with Crippen LogP contribution in [-0.2, 0) is 11.3 Å². The van der Waals surface area contributed by atoms with Crippen molar-refractivity contribution in [3.63, 3.8) is 0 Å². The average Bonchev–Trinajstić information content (AvgIpc) is 3.26. The van der Waals surface area contributed by atoms with Crippen molar-refractivity contribution in [2.75, 3.05) is 30.3 Å². The Morgan fingerprint density at radius 1 is 1.19 bits per heavy atom. The van der Waals surface area contributed by atoms with Gasteiger partial charge in [-0.3, -0.25) is 14.2 Å². The number of piperidine rings is 1. The molecule has 174 valence electrons. The molecule has 0 aromatic carbocycles. The zero-order valence-electron chi connectivity index (χ0n) is 18.9. The summed E-state index contributed by atoms with van der Waals surface area (Å²) in [7, 11) is 0. The zero-order valence-corrected chi connectivity index (χ0v) is 20.5. The molecular weight excluding hydrogens is 442 g/mol. The molecule has 3 heterocycles. The van der Waals surface area contributed by atoms with Crippen LogP contribution < -0.4 is 15.8 Å². The van der Waals surface area contributed by atoms with Crippen molar-refractivity contribution in [1.29, 1.82) is 0 Å². The molecule has 0 spiro atoms. The van der Waals surface area contributed by atoms with Crippen LogP contribution in [0, 0.1) is 0 Å². The van der Waals surface area contributed by atoms with Crippen molar-refractivity contribution >= 4 is 44.5 Å². The summed E-state index contributed by atoms with van der Waals surface area (Å²) in [6.45, 7) is 5.29. The molecular formula is C23H33N5O2S2. The fourth-order valence-electron chi connectivity index (χ4n) is 4.30. The number of anilines is 1. The van der Waals surface area contributed by atoms with Crippen LogP contribution in [0.2, 0.25) is 0 Å². The van der Waals surface area contributed by atoms with E-state index in [-0.39, 0.29) is 17.2 Å². The first-order valence-corrected chi connectivity index (χ1v) is 13.7. The van der Waals surface area contributed by atoms with Crippen molar-refractivity contribution in [3.05, 3.63) is 22.0 Å². The minimum Gasteiger partial charge on any atom is -0.355 e. The SMILES string of the molecule is CCCn1c(SCC(=O)NCCC2=CCCCC2)nc2nc(N3CCCCC3)sc2c1=O. The number of allylic oxidation sites excluding steroid dienone is 1. The number of carbonyl (C=O) groups is 1. The van der Waals surface area contributed by atoms with Crippen molar-refractivity contribution in [3.8, 4) is 0 Å². The van der Waals surface area contributed by atoms with Gasteiger partial charge in [-0.1, -0.05) is 41.7 Å². The Morgan fingerprint density at radius 3 is 2.78 bits per heavy atom. The van der Waals surface area contributed by atoms with Crippen molar-refractivity contribution in [2.24, 2.45) is 0 Å². The number of rotatable bonds is 9. The van der Waals surface area contributed by atoms with E-state index in [0.717, 1.165) is 50.3 Å². The van der Waals surface area contributed by atoms with Crippen LogP contribution in [0.25, 0.3) is 10.3 Å². The van der Waals surface area contributed by atoms with Gasteiger partial charge in [0.15, 0.2) is 15.9 Å². The second kappa shape index (κ2) is 11.3. The van der Waals surface area contributed by atoms with E-state index in [4.69, 9.17) is 4.98 Å². The van der Waals surface area contributed by atoms with Gasteiger partial charge < -0.3 is 10.2 Å². The van der Waals surface area contributed by atoms with Gasteiger partial charge in [-0.05, 0) is 57.8 Å². The maximum absolute atomic E-state index is 13.2. The number of carbonyl (C=O) groups excluding carboxylic acids is 1. The lowest BCUT2D eigenvalue weighted by Gasteiger charge is -2.25. The first-order chi connectivity index (χ1) is 15.7. The van der Waals surface area contributed by atoms with E-state index in [1.54, 1.807) is 4.57 Å². The molecule has 0 unspecified atom stereocenters. The Kier molecular flexibility index (Phi) is 8.24. The molecule has 0 saturated carbocycles. The number of thiazole rings is 1. The lowest BCUT2D eigenvalue weighted by Crippen LogP contribution is -2.29. The zero-order chi connectivity index (χ0) is 22.3. The number of amides is 1. The van der Waals surface area contributed by atoms with Gasteiger partial charge in [0.05, 0.1) is 5.75 Å². The Labute approximate surface area is 197 Å². The van der Waals surface area contributed by atoms with E-state index in [1.165, 1.54) is 54.4 Å². The molecule has 0 radical (unpaired) electrons. The summed E-state index contributed by atoms with van der Waals surface area (Å²) < 4.78 is 2.33. The molecule has 4 rings (SSSR count). The van der Waals surface area contributed by atoms with Gasteiger partial charge in [-0.2, -0.15) is 4.98 Å². The quantitative estimate of drug-likeness (QED) is 0.330. The number of fused-ring (bicyclic) bond motifs is 1. The summed E-state index contributed by atoms with van der Waals surface area (Å²) in [5.41, 5.74) is 1.94. The van der Waals surface area contributed by atoms with Crippen LogP contribution in [0.4, 0.5) is 5.13 Å². The van der Waals surface area contributed by atoms with Gasteiger partial charge in [-0.15, -0.1) is 0 Å². The van der Waals surface area contributed by atoms with Crippen LogP contribution >= 0.6 is 23.1 Å². The normalized spacial score (nSPS) is 16.9. The highest BCUT2D eigenvalue weighted by atomic mass is 32.2. The Hall–Kier alpha value is -1.87. The summed E-state index contributed by atoms with van der Waals surface area (Å²) >= 11 is 2.78. The van der Waals surface area contributed by atoms with Crippen LogP contribution in [-0.4, -0.2) is 45.8 Å². The summed E-state index contributed by atoms with van der Waals surface area (Å²) in [5.74, 6) is 0.236. The van der Waals surface area contributed by atoms with Crippen molar-refractivity contribution in [1.82, 2.24) is 19.9 Å². The molecule has 1 aliphatic heterocycles. The molecule has 2 aromatic rings. The van der Waals surface area contributed by atoms with E-state index in [0.29, 0.717) is 28.6 Å². The molecule has 9 heteroatoms. The number of nitrogens with zero attached hydrogens (tertiary/aromatic N) is 4. The highest BCUT2D eigenvalue weighted by Crippen LogP contribution is 2.29. The predicted octanol–water partition coefficient (Wildman–Crippen LogP) is 4.35. The van der Waals surface area contributed by atoms with E-state index in [2.05, 4.69) is 21.3 Å². The summed E-state index contributed by atoms with van der Waals surface area (Å²) in [4.78, 5) is 37.2. The maximum atomic E-state index is 13.2. The number of hydrogen-bond acceptors (Lipinski definition) is 7. The van der Waals surface area contributed by atoms with Crippen LogP contribution in [0.3, 0.4) is 0 Å². The summed E-state index contributed by atoms with van der Waals surface area (Å²) in [6.07, 6.45) is 12.5. The molecule has 2 aromatic heterocycles. The molecule has 1 saturated heterocycles. The third-order valence-corrected chi connectivity index (χ3v) is 8.10. The number of aromatic nitrogens is 3. The van der Waals surface area contributed by atoms with Gasteiger partial charge in [-0.25, -0.2) is 4.98 Å². The second-order valence-electron chi connectivity index (χ2n) is 8.54. The van der Waals surface area contributed by atoms with E-state index in [9.17, 15) is 9.59 Å². The fourth-order valence-corrected chi connectivity index (χ4v) is 6.15. The van der Waals surface area contributed by atoms with Crippen LogP contribution in [0.1, 0.15) is 64.7 Å². The van der Waals surface area contributed by atoms with E-state index in [1.807, 2.05) is 6.92 Å². The Bertz CT molecular complexity index is 1020. The molecule has 7 nitrogen and oxygen atoms in total. The first-order valence-electron chi connectivity index (χ1n) is 11.9. The van der Waals surface area contributed by atoms with Crippen molar-refractivity contribution < 1.29 is 4.79 Å². The second-order valence-corrected chi connectivity index (χ2v) is 10.5. The Balaban J connectivity index is 1.43. The fraction of sp³-hybridized carbons (Fsp3) is 0.652. The topological polar surface area (TPSA) is 80.1 Å². The van der Waals surface area contributed by atoms with Crippen LogP contribution in [0.15, 0.2) is 21.6 Å². The summed E-state index contributed by atoms with van der Waals surface area (Å²) in [5, 5.41) is 4.50. The van der Waals surface area contributed by atoms with E-state index < -0.39 is 0 Å². The lowest BCUT2D eigenvalue weighted by atomic mass is 9.97. The van der Waals surface area contributed by atoms with Crippen LogP contribution in [0.5, 0.6) is 0 Å². The largest absolute Gasteiger partial charge is 0.355 e. The third kappa shape index (κ3) is 5.73. The molecule has 0 atom stereocenters. The molecule has 1 aliphatic carbocycles. The predicted molar refractivity (Wildman–Crippen MR) is 133 cm³/mol. The molecule has 1 amide bonds. The molecule has 1 fully saturated rings. The highest BCUT2D eigenvalue weighted by Gasteiger charge is 2.20. The van der Waals surface area contributed by atoms with Gasteiger partial charge >= 0.3 is 0 Å². The highest BCUT2D eigenvalue weighted by molar-refractivity contribution is 7.99. The minimum atomic E-state index is -0.0373. The molecule has 32 heavy (non-hydrogen) atoms. The monoisotopic (exact) mass is 475 g/mol. The first kappa shape index (κ1) is 23.3. The average molecular weight is 476 g/mol. The number of hydrogen-bond donors (Lipinski definition) is 1. The third-order valence-electron chi connectivity index (χ3n) is 6.03. The molecule has 2 aliphatic rings. The number of thioether (sulfide) groups is 1. The summed E-state index contributed by atoms with van der Waals surface area (Å²) in [6, 6.07) is 0. The maximum Gasteiger partial charge on any atom is 0.273 e.